The van der Waals surface area contributed by atoms with Crippen LogP contribution in [0, 0.1) is 18.6 Å². The first-order chi connectivity index (χ1) is 10.7. The van der Waals surface area contributed by atoms with Crippen molar-refractivity contribution >= 4 is 21.7 Å². The van der Waals surface area contributed by atoms with Crippen LogP contribution in [0.15, 0.2) is 41.3 Å². The van der Waals surface area contributed by atoms with Crippen molar-refractivity contribution in [2.45, 2.75) is 11.8 Å². The van der Waals surface area contributed by atoms with Gasteiger partial charge < -0.3 is 4.74 Å². The second kappa shape index (κ2) is 6.33. The topological polar surface area (TPSA) is 72.5 Å². The van der Waals surface area contributed by atoms with Crippen LogP contribution in [0.5, 0.6) is 0 Å². The molecule has 122 valence electrons. The molecule has 0 aliphatic heterocycles. The summed E-state index contributed by atoms with van der Waals surface area (Å²) in [6.07, 6.45) is 0. The smallest absolute Gasteiger partial charge is 0.340 e. The van der Waals surface area contributed by atoms with E-state index in [-0.39, 0.29) is 4.90 Å². The van der Waals surface area contributed by atoms with Crippen LogP contribution in [0.3, 0.4) is 0 Å². The third kappa shape index (κ3) is 3.65. The van der Waals surface area contributed by atoms with Crippen molar-refractivity contribution in [3.63, 3.8) is 0 Å². The van der Waals surface area contributed by atoms with Gasteiger partial charge in [-0.05, 0) is 25.1 Å². The lowest BCUT2D eigenvalue weighted by molar-refractivity contribution is 0.0595. The van der Waals surface area contributed by atoms with Crippen molar-refractivity contribution in [1.82, 2.24) is 0 Å². The number of benzene rings is 2. The maximum absolute atomic E-state index is 13.8. The molecule has 0 aromatic heterocycles. The monoisotopic (exact) mass is 341 g/mol. The van der Waals surface area contributed by atoms with Crippen LogP contribution in [0.25, 0.3) is 0 Å². The molecule has 0 spiro atoms. The minimum absolute atomic E-state index is 0.0913. The molecule has 5 nitrogen and oxygen atoms in total. The first kappa shape index (κ1) is 16.9. The van der Waals surface area contributed by atoms with E-state index in [0.29, 0.717) is 6.07 Å². The number of sulfonamides is 1. The van der Waals surface area contributed by atoms with Gasteiger partial charge in [0.2, 0.25) is 0 Å². The Morgan fingerprint density at radius 2 is 1.70 bits per heavy atom. The minimum Gasteiger partial charge on any atom is -0.465 e. The van der Waals surface area contributed by atoms with Gasteiger partial charge in [-0.3, -0.25) is 4.72 Å². The molecule has 0 unspecified atom stereocenters. The van der Waals surface area contributed by atoms with E-state index < -0.39 is 38.9 Å². The molecule has 0 aliphatic carbocycles. The van der Waals surface area contributed by atoms with Gasteiger partial charge in [0.15, 0.2) is 0 Å². The number of halogens is 2. The molecule has 0 bridgehead atoms. The first-order valence-corrected chi connectivity index (χ1v) is 7.90. The van der Waals surface area contributed by atoms with Crippen LogP contribution < -0.4 is 4.72 Å². The lowest BCUT2D eigenvalue weighted by atomic mass is 10.2. The second-order valence-electron chi connectivity index (χ2n) is 4.72. The fourth-order valence-corrected chi connectivity index (χ4v) is 2.87. The van der Waals surface area contributed by atoms with Gasteiger partial charge in [-0.25, -0.2) is 22.0 Å². The highest BCUT2D eigenvalue weighted by atomic mass is 32.2. The van der Waals surface area contributed by atoms with E-state index >= 15 is 0 Å². The van der Waals surface area contributed by atoms with E-state index in [1.165, 1.54) is 12.1 Å². The van der Waals surface area contributed by atoms with E-state index in [1.807, 2.05) is 4.72 Å². The van der Waals surface area contributed by atoms with Gasteiger partial charge in [-0.2, -0.15) is 0 Å². The quantitative estimate of drug-likeness (QED) is 0.868. The van der Waals surface area contributed by atoms with Crippen LogP contribution in [0.4, 0.5) is 14.5 Å². The zero-order chi connectivity index (χ0) is 17.2. The summed E-state index contributed by atoms with van der Waals surface area (Å²) < 4.78 is 58.1. The van der Waals surface area contributed by atoms with Gasteiger partial charge in [0.25, 0.3) is 10.0 Å². The van der Waals surface area contributed by atoms with Gasteiger partial charge >= 0.3 is 5.97 Å². The van der Waals surface area contributed by atoms with Crippen molar-refractivity contribution in [3.05, 3.63) is 59.2 Å². The molecular formula is C15H13F2NO4S. The summed E-state index contributed by atoms with van der Waals surface area (Å²) >= 11 is 0. The lowest BCUT2D eigenvalue weighted by Gasteiger charge is -2.11. The summed E-state index contributed by atoms with van der Waals surface area (Å²) in [4.78, 5) is 11.3. The molecule has 0 radical (unpaired) electrons. The van der Waals surface area contributed by atoms with Crippen LogP contribution in [-0.4, -0.2) is 21.5 Å². The van der Waals surface area contributed by atoms with Crippen LogP contribution in [0.2, 0.25) is 0 Å². The Morgan fingerprint density at radius 3 is 2.26 bits per heavy atom. The zero-order valence-electron chi connectivity index (χ0n) is 12.3. The standard InChI is InChI=1S/C15H13F2NO4S/c1-9-3-5-10(6-4-9)23(20,21)18-14-7-11(15(19)22-2)12(16)8-13(14)17/h3-8,18H,1-2H3. The van der Waals surface area contributed by atoms with Gasteiger partial charge in [0.1, 0.15) is 11.6 Å². The number of ether oxygens (including phenoxy) is 1. The van der Waals surface area contributed by atoms with E-state index in [4.69, 9.17) is 0 Å². The summed E-state index contributed by atoms with van der Waals surface area (Å²) in [6.45, 7) is 1.78. The van der Waals surface area contributed by atoms with E-state index in [2.05, 4.69) is 4.74 Å². The highest BCUT2D eigenvalue weighted by molar-refractivity contribution is 7.92. The maximum atomic E-state index is 13.8. The summed E-state index contributed by atoms with van der Waals surface area (Å²) in [6, 6.07) is 7.02. The Kier molecular flexibility index (Phi) is 4.65. The fourth-order valence-electron chi connectivity index (χ4n) is 1.81. The molecule has 0 atom stereocenters. The van der Waals surface area contributed by atoms with Gasteiger partial charge in [0, 0.05) is 6.07 Å². The number of nitrogens with one attached hydrogen (secondary N) is 1. The Balaban J connectivity index is 2.43. The van der Waals surface area contributed by atoms with E-state index in [0.717, 1.165) is 18.7 Å². The number of methoxy groups -OCH3 is 1. The van der Waals surface area contributed by atoms with Crippen molar-refractivity contribution in [3.8, 4) is 0 Å². The summed E-state index contributed by atoms with van der Waals surface area (Å²) in [5.41, 5.74) is -0.271. The summed E-state index contributed by atoms with van der Waals surface area (Å²) in [5.74, 6) is -3.34. The molecule has 2 aromatic carbocycles. The number of rotatable bonds is 4. The molecule has 0 saturated heterocycles. The highest BCUT2D eigenvalue weighted by Crippen LogP contribution is 2.23. The maximum Gasteiger partial charge on any atom is 0.340 e. The largest absolute Gasteiger partial charge is 0.465 e. The molecule has 8 heteroatoms. The summed E-state index contributed by atoms with van der Waals surface area (Å²) in [5, 5.41) is 0. The van der Waals surface area contributed by atoms with Crippen LogP contribution in [0.1, 0.15) is 15.9 Å². The molecule has 23 heavy (non-hydrogen) atoms. The van der Waals surface area contributed by atoms with Crippen molar-refractivity contribution in [1.29, 1.82) is 0 Å². The van der Waals surface area contributed by atoms with E-state index in [9.17, 15) is 22.0 Å². The fraction of sp³-hybridized carbons (Fsp3) is 0.133. The summed E-state index contributed by atoms with van der Waals surface area (Å²) in [7, 11) is -3.05. The predicted octanol–water partition coefficient (Wildman–Crippen LogP) is 2.86. The molecule has 0 amide bonds. The van der Waals surface area contributed by atoms with Crippen LogP contribution in [-0.2, 0) is 14.8 Å². The first-order valence-electron chi connectivity index (χ1n) is 6.41. The van der Waals surface area contributed by atoms with Gasteiger partial charge in [-0.15, -0.1) is 0 Å². The Labute approximate surface area is 132 Å². The lowest BCUT2D eigenvalue weighted by Crippen LogP contribution is -2.15. The third-order valence-electron chi connectivity index (χ3n) is 3.04. The second-order valence-corrected chi connectivity index (χ2v) is 6.40. The Bertz CT molecular complexity index is 849. The van der Waals surface area contributed by atoms with Crippen molar-refractivity contribution < 1.29 is 26.7 Å². The average molecular weight is 341 g/mol. The molecule has 0 aliphatic rings. The average Bonchev–Trinajstić information content (AvgIpc) is 2.49. The van der Waals surface area contributed by atoms with E-state index in [1.54, 1.807) is 19.1 Å². The number of hydrogen-bond donors (Lipinski definition) is 1. The molecule has 2 aromatic rings. The molecule has 2 rings (SSSR count). The number of anilines is 1. The molecule has 1 N–H and O–H groups in total. The van der Waals surface area contributed by atoms with Gasteiger partial charge in [-0.1, -0.05) is 17.7 Å². The normalized spacial score (nSPS) is 11.1. The number of carbonyl (C=O) groups excluding carboxylic acids is 1. The highest BCUT2D eigenvalue weighted by Gasteiger charge is 2.21. The molecule has 0 fully saturated rings. The molecular weight excluding hydrogens is 328 g/mol. The number of esters is 1. The van der Waals surface area contributed by atoms with Crippen molar-refractivity contribution in [2.24, 2.45) is 0 Å². The van der Waals surface area contributed by atoms with Gasteiger partial charge in [0.05, 0.1) is 23.3 Å². The van der Waals surface area contributed by atoms with Crippen LogP contribution >= 0.6 is 0 Å². The Morgan fingerprint density at radius 1 is 1.09 bits per heavy atom. The molecule has 0 saturated carbocycles. The third-order valence-corrected chi connectivity index (χ3v) is 4.42. The van der Waals surface area contributed by atoms with Crippen molar-refractivity contribution in [2.75, 3.05) is 11.8 Å². The minimum atomic E-state index is -4.08. The predicted molar refractivity (Wildman–Crippen MR) is 79.7 cm³/mol. The Hall–Kier alpha value is -2.48. The zero-order valence-corrected chi connectivity index (χ0v) is 13.1. The SMILES string of the molecule is COC(=O)c1cc(NS(=O)(=O)c2ccc(C)cc2)c(F)cc1F. The number of hydrogen-bond acceptors (Lipinski definition) is 4. The number of carbonyl (C=O) groups is 1. The number of aryl methyl sites for hydroxylation is 1. The molecule has 0 heterocycles.